The Labute approximate surface area is 215 Å². The molecule has 204 valence electrons. The fraction of sp³-hybridized carbons (Fsp3) is 1.00. The quantitative estimate of drug-likeness (QED) is 0.227. The molecule has 0 aromatic carbocycles. The normalized spacial score (nSPS) is 19.3. The van der Waals surface area contributed by atoms with E-state index >= 15 is 0 Å². The molecule has 0 aliphatic carbocycles. The maximum absolute atomic E-state index is 13.8. The molecule has 1 fully saturated rings. The van der Waals surface area contributed by atoms with Crippen LogP contribution in [-0.2, 0) is 32.0 Å². The Morgan fingerprint density at radius 2 is 1.12 bits per heavy atom. The van der Waals surface area contributed by atoms with E-state index in [9.17, 15) is 9.13 Å². The summed E-state index contributed by atoms with van der Waals surface area (Å²) in [6.45, 7) is 17.1. The summed E-state index contributed by atoms with van der Waals surface area (Å²) in [5.41, 5.74) is -2.86. The Morgan fingerprint density at radius 3 is 1.53 bits per heavy atom. The summed E-state index contributed by atoms with van der Waals surface area (Å²) in [4.78, 5) is 2.28. The second-order valence-electron chi connectivity index (χ2n) is 11.9. The summed E-state index contributed by atoms with van der Waals surface area (Å²) in [5.74, 6) is 0.854. The van der Waals surface area contributed by atoms with Gasteiger partial charge in [0, 0.05) is 31.1 Å². The number of hydrogen-bond donors (Lipinski definition) is 0. The molecule has 34 heavy (non-hydrogen) atoms. The predicted molar refractivity (Wildman–Crippen MR) is 145 cm³/mol. The molecule has 0 saturated carbocycles. The summed E-state index contributed by atoms with van der Waals surface area (Å²) in [6, 6.07) is 0. The summed E-state index contributed by atoms with van der Waals surface area (Å²) in [5, 5.41) is 0. The molecule has 8 nitrogen and oxygen atoms in total. The van der Waals surface area contributed by atoms with E-state index in [2.05, 4.69) is 4.90 Å². The molecule has 1 heterocycles. The van der Waals surface area contributed by atoms with Crippen molar-refractivity contribution in [2.45, 2.75) is 98.6 Å². The lowest BCUT2D eigenvalue weighted by Gasteiger charge is -2.35. The van der Waals surface area contributed by atoms with E-state index in [1.54, 1.807) is 0 Å². The average Bonchev–Trinajstić information content (AvgIpc) is 2.55. The van der Waals surface area contributed by atoms with Crippen molar-refractivity contribution in [3.63, 3.8) is 0 Å². The van der Waals surface area contributed by atoms with Crippen LogP contribution in [-0.4, -0.2) is 71.7 Å². The lowest BCUT2D eigenvalue weighted by atomic mass is 10.2. The zero-order valence-electron chi connectivity index (χ0n) is 23.0. The van der Waals surface area contributed by atoms with Gasteiger partial charge in [0.05, 0.1) is 35.6 Å². The first-order valence-electron chi connectivity index (χ1n) is 11.7. The van der Waals surface area contributed by atoms with Gasteiger partial charge >= 0.3 is 13.6 Å². The molecule has 0 bridgehead atoms. The van der Waals surface area contributed by atoms with Crippen molar-refractivity contribution in [3.8, 4) is 0 Å². The Kier molecular flexibility index (Phi) is 12.3. The topological polar surface area (TPSA) is 83.5 Å². The van der Waals surface area contributed by atoms with Gasteiger partial charge in [0.1, 0.15) is 0 Å². The monoisotopic (exact) mass is 563 g/mol. The molecule has 0 aromatic heterocycles. The van der Waals surface area contributed by atoms with Crippen LogP contribution in [0.1, 0.15) is 76.2 Å². The maximum atomic E-state index is 13.8. The first kappa shape index (κ1) is 32.9. The van der Waals surface area contributed by atoms with Crippen LogP contribution in [0.25, 0.3) is 0 Å². The molecule has 0 amide bonds. The summed E-state index contributed by atoms with van der Waals surface area (Å²) in [6.07, 6.45) is 0. The zero-order chi connectivity index (χ0) is 26.5. The molecule has 1 aliphatic rings. The first-order chi connectivity index (χ1) is 15.1. The van der Waals surface area contributed by atoms with Crippen LogP contribution in [0.2, 0.25) is 0 Å². The highest BCUT2D eigenvalue weighted by Gasteiger charge is 2.42. The van der Waals surface area contributed by atoms with E-state index in [0.29, 0.717) is 5.75 Å². The van der Waals surface area contributed by atoms with E-state index < -0.39 is 36.0 Å². The van der Waals surface area contributed by atoms with Gasteiger partial charge in [-0.05, 0) is 98.9 Å². The molecule has 0 aromatic rings. The van der Waals surface area contributed by atoms with Crippen molar-refractivity contribution in [2.24, 2.45) is 0 Å². The molecule has 1 aliphatic heterocycles. The minimum atomic E-state index is -3.52. The molecule has 1 atom stereocenters. The number of rotatable bonds is 12. The molecule has 0 N–H and O–H groups in total. The second kappa shape index (κ2) is 12.6. The zero-order valence-corrected chi connectivity index (χ0v) is 26.4. The molecule has 1 unspecified atom stereocenters. The number of morpholine rings is 1. The Hall–Kier alpha value is 0.920. The minimum Gasteiger partial charge on any atom is -0.379 e. The van der Waals surface area contributed by atoms with Crippen LogP contribution in [0, 0.1) is 0 Å². The van der Waals surface area contributed by atoms with Gasteiger partial charge in [-0.25, -0.2) is 9.13 Å². The summed E-state index contributed by atoms with van der Waals surface area (Å²) >= 11 is 2.28. The molecule has 0 spiro atoms. The fourth-order valence-electron chi connectivity index (χ4n) is 2.82. The summed E-state index contributed by atoms with van der Waals surface area (Å²) < 4.78 is 56.6. The first-order valence-corrected chi connectivity index (χ1v) is 18.0. The van der Waals surface area contributed by atoms with Crippen LogP contribution < -0.4 is 0 Å². The van der Waals surface area contributed by atoms with E-state index in [-0.39, 0.29) is 5.75 Å². The second-order valence-corrected chi connectivity index (χ2v) is 19.9. The minimum absolute atomic E-state index is 0.248. The Balaban J connectivity index is 2.90. The van der Waals surface area contributed by atoms with Gasteiger partial charge < -0.3 is 4.74 Å². The van der Waals surface area contributed by atoms with Crippen LogP contribution in [0.4, 0.5) is 0 Å². The smallest absolute Gasteiger partial charge is 0.379 e. The van der Waals surface area contributed by atoms with E-state index in [4.69, 9.17) is 22.8 Å². The van der Waals surface area contributed by atoms with Crippen LogP contribution in [0.5, 0.6) is 0 Å². The van der Waals surface area contributed by atoms with E-state index in [1.165, 1.54) is 11.4 Å². The lowest BCUT2D eigenvalue weighted by Crippen LogP contribution is -2.37. The third-order valence-electron chi connectivity index (χ3n) is 3.85. The highest BCUT2D eigenvalue weighted by Crippen LogP contribution is 2.68. The highest BCUT2D eigenvalue weighted by molar-refractivity contribution is 8.55. The highest BCUT2D eigenvalue weighted by atomic mass is 32.7. The van der Waals surface area contributed by atoms with Crippen LogP contribution >= 0.6 is 36.4 Å². The van der Waals surface area contributed by atoms with Gasteiger partial charge in [-0.1, -0.05) is 0 Å². The number of nitrogens with zero attached hydrogens (tertiary/aromatic N) is 1. The molecule has 0 radical (unpaired) electrons. The predicted octanol–water partition coefficient (Wildman–Crippen LogP) is 7.24. The third kappa shape index (κ3) is 15.2. The Bertz CT molecular complexity index is 704. The van der Waals surface area contributed by atoms with Crippen LogP contribution in [0.15, 0.2) is 0 Å². The van der Waals surface area contributed by atoms with Gasteiger partial charge in [0.25, 0.3) is 0 Å². The van der Waals surface area contributed by atoms with Crippen molar-refractivity contribution >= 4 is 36.4 Å². The van der Waals surface area contributed by atoms with Gasteiger partial charge in [-0.3, -0.25) is 23.0 Å². The number of ether oxygens (including phenoxy) is 1. The van der Waals surface area contributed by atoms with Gasteiger partial charge in [-0.2, -0.15) is 0 Å². The van der Waals surface area contributed by atoms with Crippen molar-refractivity contribution in [1.82, 2.24) is 4.90 Å². The van der Waals surface area contributed by atoms with Crippen molar-refractivity contribution in [2.75, 3.05) is 44.4 Å². The SMILES string of the molecule is CC(C)(C)OP(=O)(OC(C)(C)C)SCC(C)(C)OP(=O)(OC(C)(C)C)SCCN1CCOCC1. The molecule has 1 saturated heterocycles. The van der Waals surface area contributed by atoms with E-state index in [1.807, 2.05) is 76.2 Å². The average molecular weight is 564 g/mol. The van der Waals surface area contributed by atoms with Crippen LogP contribution in [0.3, 0.4) is 0 Å². The lowest BCUT2D eigenvalue weighted by molar-refractivity contribution is 0.0409. The molecular formula is C22H47NO7P2S2. The molecule has 1 rings (SSSR count). The largest absolute Gasteiger partial charge is 0.390 e. The standard InChI is InChI=1S/C22H47NO7P2S2/c1-19(2,3)27-31(24,28-20(4,5)6)34-18-22(10,11)30-32(25,29-21(7,8)9)33-17-14-23-12-15-26-16-13-23/h12-18H2,1-11H3. The van der Waals surface area contributed by atoms with Crippen molar-refractivity contribution < 1.29 is 32.0 Å². The van der Waals surface area contributed by atoms with Crippen molar-refractivity contribution in [3.05, 3.63) is 0 Å². The maximum Gasteiger partial charge on any atom is 0.390 e. The molecule has 12 heteroatoms. The molecular weight excluding hydrogens is 516 g/mol. The summed E-state index contributed by atoms with van der Waals surface area (Å²) in [7, 11) is 0. The number of hydrogen-bond acceptors (Lipinski definition) is 10. The van der Waals surface area contributed by atoms with E-state index in [0.717, 1.165) is 44.2 Å². The van der Waals surface area contributed by atoms with Crippen molar-refractivity contribution in [1.29, 1.82) is 0 Å². The fourth-order valence-corrected chi connectivity index (χ4v) is 12.5. The Morgan fingerprint density at radius 1 is 0.706 bits per heavy atom. The third-order valence-corrected chi connectivity index (χ3v) is 12.4. The van der Waals surface area contributed by atoms with Gasteiger partial charge in [0.15, 0.2) is 0 Å². The van der Waals surface area contributed by atoms with Gasteiger partial charge in [0.2, 0.25) is 0 Å². The van der Waals surface area contributed by atoms with Gasteiger partial charge in [-0.15, -0.1) is 0 Å².